The molecule has 0 aliphatic carbocycles. The van der Waals surface area contributed by atoms with Gasteiger partial charge in [-0.3, -0.25) is 10.1 Å². The van der Waals surface area contributed by atoms with Gasteiger partial charge < -0.3 is 10.1 Å². The fourth-order valence-corrected chi connectivity index (χ4v) is 2.37. The van der Waals surface area contributed by atoms with Gasteiger partial charge in [-0.15, -0.1) is 0 Å². The second-order valence-corrected chi connectivity index (χ2v) is 5.14. The van der Waals surface area contributed by atoms with E-state index < -0.39 is 4.92 Å². The van der Waals surface area contributed by atoms with Gasteiger partial charge >= 0.3 is 0 Å². The molecule has 0 bridgehead atoms. The molecule has 21 heavy (non-hydrogen) atoms. The molecule has 0 aromatic heterocycles. The molecule has 0 fully saturated rings. The standard InChI is InChI=1S/C15H15BrN2O3/c16-15-12(5-4-8-14(15)18(19)20)11-17-9-10-21-13-6-2-1-3-7-13/h1-8,17H,9-11H2. The van der Waals surface area contributed by atoms with Gasteiger partial charge in [-0.25, -0.2) is 0 Å². The third-order valence-corrected chi connectivity index (χ3v) is 3.78. The summed E-state index contributed by atoms with van der Waals surface area (Å²) < 4.78 is 6.07. The molecule has 0 saturated heterocycles. The van der Waals surface area contributed by atoms with Crippen molar-refractivity contribution in [3.63, 3.8) is 0 Å². The third-order valence-electron chi connectivity index (χ3n) is 2.86. The highest BCUT2D eigenvalue weighted by atomic mass is 79.9. The Morgan fingerprint density at radius 2 is 1.90 bits per heavy atom. The number of para-hydroxylation sites is 1. The van der Waals surface area contributed by atoms with Crippen LogP contribution in [0.3, 0.4) is 0 Å². The van der Waals surface area contributed by atoms with Crippen molar-refractivity contribution >= 4 is 21.6 Å². The van der Waals surface area contributed by atoms with Gasteiger partial charge in [0.2, 0.25) is 0 Å². The lowest BCUT2D eigenvalue weighted by atomic mass is 10.2. The summed E-state index contributed by atoms with van der Waals surface area (Å²) in [6.45, 7) is 1.74. The van der Waals surface area contributed by atoms with Crippen LogP contribution in [0.4, 0.5) is 5.69 Å². The van der Waals surface area contributed by atoms with Crippen molar-refractivity contribution in [1.29, 1.82) is 0 Å². The molecule has 0 radical (unpaired) electrons. The molecule has 0 unspecified atom stereocenters. The largest absolute Gasteiger partial charge is 0.492 e. The van der Waals surface area contributed by atoms with Crippen LogP contribution >= 0.6 is 15.9 Å². The predicted octanol–water partition coefficient (Wildman–Crippen LogP) is 3.53. The van der Waals surface area contributed by atoms with Crippen LogP contribution in [0.15, 0.2) is 53.0 Å². The minimum absolute atomic E-state index is 0.0786. The van der Waals surface area contributed by atoms with E-state index in [1.165, 1.54) is 6.07 Å². The number of hydrogen-bond acceptors (Lipinski definition) is 4. The molecule has 0 saturated carbocycles. The van der Waals surface area contributed by atoms with Gasteiger partial charge in [-0.05, 0) is 33.6 Å². The van der Waals surface area contributed by atoms with Crippen LogP contribution in [0.25, 0.3) is 0 Å². The number of benzene rings is 2. The monoisotopic (exact) mass is 350 g/mol. The van der Waals surface area contributed by atoms with Gasteiger partial charge in [-0.1, -0.05) is 30.3 Å². The molecule has 0 spiro atoms. The molecule has 2 aromatic carbocycles. The summed E-state index contributed by atoms with van der Waals surface area (Å²) in [6.07, 6.45) is 0. The van der Waals surface area contributed by atoms with Crippen molar-refractivity contribution < 1.29 is 9.66 Å². The normalized spacial score (nSPS) is 10.3. The van der Waals surface area contributed by atoms with E-state index in [-0.39, 0.29) is 5.69 Å². The fraction of sp³-hybridized carbons (Fsp3) is 0.200. The molecular weight excluding hydrogens is 336 g/mol. The zero-order chi connectivity index (χ0) is 15.1. The van der Waals surface area contributed by atoms with E-state index in [2.05, 4.69) is 21.2 Å². The second-order valence-electron chi connectivity index (χ2n) is 4.35. The molecule has 0 aliphatic heterocycles. The van der Waals surface area contributed by atoms with E-state index in [0.717, 1.165) is 11.3 Å². The zero-order valence-corrected chi connectivity index (χ0v) is 12.9. The Hall–Kier alpha value is -1.92. The van der Waals surface area contributed by atoms with Gasteiger partial charge in [-0.2, -0.15) is 0 Å². The minimum atomic E-state index is -0.397. The summed E-state index contributed by atoms with van der Waals surface area (Å²) in [5, 5.41) is 14.0. The van der Waals surface area contributed by atoms with Crippen LogP contribution in [0, 0.1) is 10.1 Å². The van der Waals surface area contributed by atoms with Crippen LogP contribution < -0.4 is 10.1 Å². The molecular formula is C15H15BrN2O3. The van der Waals surface area contributed by atoms with Crippen LogP contribution in [0.5, 0.6) is 5.75 Å². The Kier molecular flexibility index (Phi) is 5.71. The van der Waals surface area contributed by atoms with Crippen molar-refractivity contribution in [3.05, 3.63) is 68.7 Å². The van der Waals surface area contributed by atoms with E-state index in [4.69, 9.17) is 4.74 Å². The number of nitrogens with one attached hydrogen (secondary N) is 1. The van der Waals surface area contributed by atoms with Gasteiger partial charge in [0.25, 0.3) is 5.69 Å². The minimum Gasteiger partial charge on any atom is -0.492 e. The van der Waals surface area contributed by atoms with Gasteiger partial charge in [0.1, 0.15) is 12.4 Å². The molecule has 2 rings (SSSR count). The van der Waals surface area contributed by atoms with E-state index in [1.807, 2.05) is 36.4 Å². The van der Waals surface area contributed by atoms with Crippen molar-refractivity contribution in [3.8, 4) is 5.75 Å². The SMILES string of the molecule is O=[N+]([O-])c1cccc(CNCCOc2ccccc2)c1Br. The fourth-order valence-electron chi connectivity index (χ4n) is 1.82. The first-order valence-electron chi connectivity index (χ1n) is 6.49. The van der Waals surface area contributed by atoms with Crippen molar-refractivity contribution in [2.45, 2.75) is 6.54 Å². The smallest absolute Gasteiger partial charge is 0.283 e. The van der Waals surface area contributed by atoms with Crippen LogP contribution in [-0.2, 0) is 6.54 Å². The number of nitro benzene ring substituents is 1. The van der Waals surface area contributed by atoms with Crippen molar-refractivity contribution in [1.82, 2.24) is 5.32 Å². The maximum Gasteiger partial charge on any atom is 0.283 e. The number of nitro groups is 1. The summed E-state index contributed by atoms with van der Waals surface area (Å²) in [7, 11) is 0. The summed E-state index contributed by atoms with van der Waals surface area (Å²) >= 11 is 3.27. The summed E-state index contributed by atoms with van der Waals surface area (Å²) in [6, 6.07) is 14.6. The Morgan fingerprint density at radius 1 is 1.14 bits per heavy atom. The molecule has 110 valence electrons. The summed E-state index contributed by atoms with van der Waals surface area (Å²) in [4.78, 5) is 10.4. The molecule has 0 aliphatic rings. The molecule has 5 nitrogen and oxygen atoms in total. The predicted molar refractivity (Wildman–Crippen MR) is 84.4 cm³/mol. The topological polar surface area (TPSA) is 64.4 Å². The first-order valence-corrected chi connectivity index (χ1v) is 7.28. The Bertz CT molecular complexity index is 605. The quantitative estimate of drug-likeness (QED) is 0.471. The van der Waals surface area contributed by atoms with Crippen LogP contribution in [0.1, 0.15) is 5.56 Å². The van der Waals surface area contributed by atoms with Crippen molar-refractivity contribution in [2.75, 3.05) is 13.2 Å². The number of rotatable bonds is 7. The van der Waals surface area contributed by atoms with Gasteiger partial charge in [0, 0.05) is 19.2 Å². The average molecular weight is 351 g/mol. The van der Waals surface area contributed by atoms with Crippen molar-refractivity contribution in [2.24, 2.45) is 0 Å². The highest BCUT2D eigenvalue weighted by molar-refractivity contribution is 9.10. The first kappa shape index (κ1) is 15.5. The maximum absolute atomic E-state index is 10.8. The average Bonchev–Trinajstić information content (AvgIpc) is 2.49. The van der Waals surface area contributed by atoms with E-state index >= 15 is 0 Å². The van der Waals surface area contributed by atoms with Gasteiger partial charge in [0.05, 0.1) is 9.40 Å². The number of hydrogen-bond donors (Lipinski definition) is 1. The lowest BCUT2D eigenvalue weighted by Crippen LogP contribution is -2.20. The third kappa shape index (κ3) is 4.54. The molecule has 6 heteroatoms. The molecule has 0 heterocycles. The molecule has 0 amide bonds. The number of ether oxygens (including phenoxy) is 1. The Balaban J connectivity index is 1.79. The highest BCUT2D eigenvalue weighted by Gasteiger charge is 2.14. The Morgan fingerprint density at radius 3 is 2.62 bits per heavy atom. The maximum atomic E-state index is 10.8. The molecule has 0 atom stereocenters. The Labute approximate surface area is 131 Å². The van der Waals surface area contributed by atoms with Crippen LogP contribution in [0.2, 0.25) is 0 Å². The van der Waals surface area contributed by atoms with E-state index in [1.54, 1.807) is 6.07 Å². The summed E-state index contributed by atoms with van der Waals surface area (Å²) in [5.41, 5.74) is 0.929. The lowest BCUT2D eigenvalue weighted by Gasteiger charge is -2.08. The van der Waals surface area contributed by atoms with Gasteiger partial charge in [0.15, 0.2) is 0 Å². The first-order chi connectivity index (χ1) is 10.2. The van der Waals surface area contributed by atoms with Crippen LogP contribution in [-0.4, -0.2) is 18.1 Å². The molecule has 1 N–H and O–H groups in total. The summed E-state index contributed by atoms with van der Waals surface area (Å²) in [5.74, 6) is 0.829. The highest BCUT2D eigenvalue weighted by Crippen LogP contribution is 2.27. The lowest BCUT2D eigenvalue weighted by molar-refractivity contribution is -0.385. The number of halogens is 1. The zero-order valence-electron chi connectivity index (χ0n) is 11.3. The van der Waals surface area contributed by atoms with E-state index in [9.17, 15) is 10.1 Å². The second kappa shape index (κ2) is 7.75. The number of nitrogens with zero attached hydrogens (tertiary/aromatic N) is 1. The van der Waals surface area contributed by atoms with E-state index in [0.29, 0.717) is 24.2 Å². The molecule has 2 aromatic rings.